The first-order chi connectivity index (χ1) is 35.1. The topological polar surface area (TPSA) is 0 Å². The van der Waals surface area contributed by atoms with Crippen LogP contribution in [0.3, 0.4) is 0 Å². The van der Waals surface area contributed by atoms with Crippen LogP contribution in [0.15, 0.2) is 255 Å². The minimum atomic E-state index is -0.847. The van der Waals surface area contributed by atoms with E-state index in [1.807, 2.05) is 12.1 Å². The SMILES string of the molecule is [Ag+].[Ag+].[C-]#Cc1cc2cccc3c4cccc5cccc(c(c1)c23)c54.[C-]#Cc1cc2cccc3c4cccc5cccc(c(c1)c23)c54.c1ccc([PH+](C[PH+](c2ccccc2)c2ccccc2)c2ccccc2)cc1. The Morgan fingerprint density at radius 1 is 0.260 bits per heavy atom. The molecule has 0 saturated heterocycles. The molecule has 0 fully saturated rings. The van der Waals surface area contributed by atoms with Gasteiger partial charge in [-0.25, -0.2) is 0 Å². The Kier molecular flexibility index (Phi) is 15.0. The molecule has 0 nitrogen and oxygen atoms in total. The first-order valence-electron chi connectivity index (χ1n) is 24.1. The summed E-state index contributed by atoms with van der Waals surface area (Å²) in [5.74, 6) is 6.33. The summed E-state index contributed by atoms with van der Waals surface area (Å²) in [5.41, 5.74) is 1.66. The predicted octanol–water partition coefficient (Wildman–Crippen LogP) is 16.0. The van der Waals surface area contributed by atoms with Gasteiger partial charge in [0.1, 0.15) is 37.1 Å². The second-order valence-corrected chi connectivity index (χ2v) is 23.8. The maximum atomic E-state index is 7.50. The summed E-state index contributed by atoms with van der Waals surface area (Å²) in [6, 6.07) is 91.5. The quantitative estimate of drug-likeness (QED) is 0.0389. The van der Waals surface area contributed by atoms with Gasteiger partial charge in [-0.3, -0.25) is 11.8 Å². The van der Waals surface area contributed by atoms with Crippen molar-refractivity contribution in [3.05, 3.63) is 279 Å². The van der Waals surface area contributed by atoms with Crippen LogP contribution in [0.2, 0.25) is 0 Å². The second-order valence-electron chi connectivity index (χ2n) is 18.1. The maximum Gasteiger partial charge on any atom is 1.00 e. The van der Waals surface area contributed by atoms with Crippen molar-refractivity contribution in [2.45, 2.75) is 0 Å². The van der Waals surface area contributed by atoms with Crippen LogP contribution in [0, 0.1) is 24.7 Å². The van der Waals surface area contributed by atoms with Gasteiger partial charge in [0.05, 0.1) is 0 Å². The molecular weight excluding hydrogens is 1110 g/mol. The Balaban J connectivity index is 0.000000125. The molecule has 14 rings (SSSR count). The van der Waals surface area contributed by atoms with Crippen LogP contribution in [0.1, 0.15) is 11.1 Å². The summed E-state index contributed by atoms with van der Waals surface area (Å²) in [4.78, 5) is 0. The first-order valence-corrected chi connectivity index (χ1v) is 27.5. The molecule has 0 amide bonds. The third-order valence-corrected chi connectivity index (χ3v) is 21.0. The van der Waals surface area contributed by atoms with E-state index >= 15 is 0 Å². The number of benzene rings is 14. The van der Waals surface area contributed by atoms with Crippen molar-refractivity contribution in [2.24, 2.45) is 0 Å². The van der Waals surface area contributed by atoms with E-state index in [1.165, 1.54) is 113 Å². The molecule has 0 atom stereocenters. The Morgan fingerprint density at radius 2 is 0.507 bits per heavy atom. The number of hydrogen-bond donors (Lipinski definition) is 0. The number of rotatable bonds is 6. The zero-order chi connectivity index (χ0) is 47.7. The molecule has 4 heteroatoms. The van der Waals surface area contributed by atoms with Crippen LogP contribution in [-0.4, -0.2) is 5.90 Å². The first kappa shape index (κ1) is 49.7. The van der Waals surface area contributed by atoms with Crippen LogP contribution in [-0.2, 0) is 44.8 Å². The molecule has 0 bridgehead atoms. The van der Waals surface area contributed by atoms with E-state index in [-0.39, 0.29) is 44.8 Å². The van der Waals surface area contributed by atoms with Crippen molar-refractivity contribution >= 4 is 123 Å². The largest absolute Gasteiger partial charge is 1.00 e. The summed E-state index contributed by atoms with van der Waals surface area (Å²) < 4.78 is 0. The molecule has 0 radical (unpaired) electrons. The van der Waals surface area contributed by atoms with Crippen molar-refractivity contribution in [2.75, 3.05) is 5.90 Å². The molecule has 0 aliphatic heterocycles. The van der Waals surface area contributed by atoms with E-state index in [0.29, 0.717) is 0 Å². The van der Waals surface area contributed by atoms with Gasteiger partial charge in [-0.15, -0.1) is 35.4 Å². The maximum absolute atomic E-state index is 7.50. The Morgan fingerprint density at radius 3 is 0.781 bits per heavy atom. The molecule has 0 N–H and O–H groups in total. The van der Waals surface area contributed by atoms with Crippen LogP contribution in [0.4, 0.5) is 0 Å². The van der Waals surface area contributed by atoms with Gasteiger partial charge in [-0.05, 0) is 135 Å². The molecule has 0 heterocycles. The molecule has 0 aliphatic rings. The van der Waals surface area contributed by atoms with Crippen molar-refractivity contribution in [1.29, 1.82) is 0 Å². The summed E-state index contributed by atoms with van der Waals surface area (Å²) in [7, 11) is -1.69. The standard InChI is InChI=1S/C25H22P2.2C22H11.2Ag/c1-5-13-22(14-6-1)26(23-15-7-2-8-16-23)21-27(24-17-9-3-10-18-24)25-19-11-4-12-20-25;2*1-2-14-12-16-8-5-10-18-17-9-3-6-15-7-4-11-19(21(15)17)20(13-14)22(16)18;;/h1-20H,21H2;2*3-13H;;/q;2*-1;2*+1/p+2. The predicted molar refractivity (Wildman–Crippen MR) is 314 cm³/mol. The van der Waals surface area contributed by atoms with Crippen molar-refractivity contribution in [3.8, 4) is 11.8 Å². The van der Waals surface area contributed by atoms with E-state index in [1.54, 1.807) is 0 Å². The number of fused-ring (bicyclic) bond motifs is 4. The Bertz CT molecular complexity index is 3910. The molecular formula is C69H46Ag2P2+2. The van der Waals surface area contributed by atoms with Crippen LogP contribution < -0.4 is 21.2 Å². The van der Waals surface area contributed by atoms with Gasteiger partial charge in [0, 0.05) is 0 Å². The smallest absolute Gasteiger partial charge is 0.366 e. The molecule has 0 aromatic heterocycles. The van der Waals surface area contributed by atoms with Gasteiger partial charge in [0.2, 0.25) is 0 Å². The summed E-state index contributed by atoms with van der Waals surface area (Å²) >= 11 is 0. The van der Waals surface area contributed by atoms with Crippen molar-refractivity contribution in [1.82, 2.24) is 0 Å². The van der Waals surface area contributed by atoms with E-state index in [4.69, 9.17) is 12.8 Å². The fourth-order valence-corrected chi connectivity index (χ4v) is 18.7. The molecule has 0 unspecified atom stereocenters. The van der Waals surface area contributed by atoms with Gasteiger partial charge >= 0.3 is 44.8 Å². The molecule has 0 saturated carbocycles. The van der Waals surface area contributed by atoms with Crippen LogP contribution in [0.25, 0.3) is 86.2 Å². The van der Waals surface area contributed by atoms with E-state index in [9.17, 15) is 0 Å². The van der Waals surface area contributed by atoms with Gasteiger partial charge in [-0.2, -0.15) is 0 Å². The monoisotopic (exact) mass is 1150 g/mol. The van der Waals surface area contributed by atoms with E-state index in [0.717, 1.165) is 11.1 Å². The zero-order valence-corrected chi connectivity index (χ0v) is 44.5. The van der Waals surface area contributed by atoms with E-state index in [2.05, 4.69) is 254 Å². The Hall–Kier alpha value is -6.86. The summed E-state index contributed by atoms with van der Waals surface area (Å²) in [6.45, 7) is 0. The third-order valence-electron chi connectivity index (χ3n) is 14.1. The minimum Gasteiger partial charge on any atom is -0.366 e. The summed E-state index contributed by atoms with van der Waals surface area (Å²) in [5, 5.41) is 26.2. The average molecular weight is 1150 g/mol. The molecule has 0 spiro atoms. The Labute approximate surface area is 460 Å². The molecule has 14 aromatic carbocycles. The normalized spacial score (nSPS) is 11.1. The van der Waals surface area contributed by atoms with Crippen LogP contribution >= 0.6 is 15.8 Å². The van der Waals surface area contributed by atoms with Gasteiger partial charge in [0.15, 0.2) is 5.90 Å². The molecule has 0 aliphatic carbocycles. The summed E-state index contributed by atoms with van der Waals surface area (Å²) in [6.07, 6.45) is 15.0. The van der Waals surface area contributed by atoms with E-state index < -0.39 is 15.8 Å². The minimum absolute atomic E-state index is 0. The van der Waals surface area contributed by atoms with Gasteiger partial charge in [-0.1, -0.05) is 182 Å². The second kappa shape index (κ2) is 22.1. The fraction of sp³-hybridized carbons (Fsp3) is 0.0145. The van der Waals surface area contributed by atoms with Gasteiger partial charge < -0.3 is 12.8 Å². The van der Waals surface area contributed by atoms with Crippen molar-refractivity contribution < 1.29 is 44.8 Å². The zero-order valence-electron chi connectivity index (χ0n) is 39.6. The van der Waals surface area contributed by atoms with Crippen LogP contribution in [0.5, 0.6) is 0 Å². The van der Waals surface area contributed by atoms with Gasteiger partial charge in [0.25, 0.3) is 0 Å². The molecule has 352 valence electrons. The third kappa shape index (κ3) is 9.52. The molecule has 73 heavy (non-hydrogen) atoms. The fourth-order valence-electron chi connectivity index (χ4n) is 10.9. The van der Waals surface area contributed by atoms with Crippen molar-refractivity contribution in [3.63, 3.8) is 0 Å². The molecule has 14 aromatic rings. The average Bonchev–Trinajstić information content (AvgIpc) is 3.45. The number of hydrogen-bond acceptors (Lipinski definition) is 0.